The van der Waals surface area contributed by atoms with Gasteiger partial charge in [0.15, 0.2) is 6.04 Å². The highest BCUT2D eigenvalue weighted by molar-refractivity contribution is 6.18. The van der Waals surface area contributed by atoms with Gasteiger partial charge in [-0.05, 0) is 37.3 Å². The van der Waals surface area contributed by atoms with Crippen LogP contribution in [0.2, 0.25) is 0 Å². The van der Waals surface area contributed by atoms with Gasteiger partial charge in [-0.3, -0.25) is 4.79 Å². The van der Waals surface area contributed by atoms with Crippen molar-refractivity contribution in [2.75, 3.05) is 5.01 Å². The Morgan fingerprint density at radius 2 is 1.92 bits per heavy atom. The van der Waals surface area contributed by atoms with Crippen LogP contribution in [0.4, 0.5) is 11.4 Å². The van der Waals surface area contributed by atoms with Crippen molar-refractivity contribution in [3.63, 3.8) is 0 Å². The lowest BCUT2D eigenvalue weighted by Gasteiger charge is -2.11. The SMILES string of the molecule is CC1=NN(c2ccccc2)C(=O)[C@H]1N=Nc1ccc(O)c(C(=O)O)c1. The second-order valence-corrected chi connectivity index (χ2v) is 5.35. The maximum Gasteiger partial charge on any atom is 0.339 e. The van der Waals surface area contributed by atoms with Crippen molar-refractivity contribution < 1.29 is 19.8 Å². The maximum atomic E-state index is 12.5. The Kier molecular flexibility index (Phi) is 4.25. The molecular weight excluding hydrogens is 324 g/mol. The zero-order chi connectivity index (χ0) is 18.0. The molecule has 2 N–H and O–H groups in total. The minimum Gasteiger partial charge on any atom is -0.507 e. The van der Waals surface area contributed by atoms with E-state index in [0.29, 0.717) is 11.4 Å². The summed E-state index contributed by atoms with van der Waals surface area (Å²) in [6.45, 7) is 1.67. The fourth-order valence-corrected chi connectivity index (χ4v) is 2.33. The lowest BCUT2D eigenvalue weighted by Crippen LogP contribution is -2.29. The molecule has 0 unspecified atom stereocenters. The first-order chi connectivity index (χ1) is 12.0. The Morgan fingerprint density at radius 3 is 2.60 bits per heavy atom. The number of hydrogen-bond donors (Lipinski definition) is 2. The number of azo groups is 1. The zero-order valence-corrected chi connectivity index (χ0v) is 13.2. The van der Waals surface area contributed by atoms with Gasteiger partial charge in [0.1, 0.15) is 11.3 Å². The first-order valence-corrected chi connectivity index (χ1v) is 7.38. The molecule has 1 aliphatic rings. The van der Waals surface area contributed by atoms with Crippen molar-refractivity contribution in [3.8, 4) is 5.75 Å². The Labute approximate surface area is 142 Å². The standard InChI is InChI=1S/C17H14N4O4/c1-10-15(16(23)21(20-10)12-5-3-2-4-6-12)19-18-11-7-8-14(22)13(9-11)17(24)25/h2-9,15,22H,1H3,(H,24,25)/t15-/m0/s1. The zero-order valence-electron chi connectivity index (χ0n) is 13.2. The summed E-state index contributed by atoms with van der Waals surface area (Å²) in [6.07, 6.45) is 0. The number of benzene rings is 2. The van der Waals surface area contributed by atoms with Gasteiger partial charge in [0, 0.05) is 0 Å². The number of hydrazone groups is 1. The Morgan fingerprint density at radius 1 is 1.20 bits per heavy atom. The van der Waals surface area contributed by atoms with E-state index in [-0.39, 0.29) is 22.9 Å². The number of rotatable bonds is 4. The molecule has 0 saturated heterocycles. The van der Waals surface area contributed by atoms with Crippen LogP contribution >= 0.6 is 0 Å². The van der Waals surface area contributed by atoms with Crippen molar-refractivity contribution in [1.82, 2.24) is 0 Å². The molecule has 126 valence electrons. The van der Waals surface area contributed by atoms with Crippen LogP contribution in [0.15, 0.2) is 63.9 Å². The molecule has 2 aromatic carbocycles. The van der Waals surface area contributed by atoms with E-state index in [1.165, 1.54) is 23.2 Å². The summed E-state index contributed by atoms with van der Waals surface area (Å²) < 4.78 is 0. The molecule has 25 heavy (non-hydrogen) atoms. The van der Waals surface area contributed by atoms with E-state index in [0.717, 1.165) is 0 Å². The quantitative estimate of drug-likeness (QED) is 0.834. The summed E-state index contributed by atoms with van der Waals surface area (Å²) in [5.41, 5.74) is 1.04. The van der Waals surface area contributed by atoms with Crippen LogP contribution in [0.25, 0.3) is 0 Å². The highest BCUT2D eigenvalue weighted by Gasteiger charge is 2.34. The molecule has 0 fully saturated rings. The van der Waals surface area contributed by atoms with Crippen LogP contribution in [-0.2, 0) is 4.79 Å². The summed E-state index contributed by atoms with van der Waals surface area (Å²) in [5, 5.41) is 31.9. The van der Waals surface area contributed by atoms with Gasteiger partial charge in [0.25, 0.3) is 5.91 Å². The number of amides is 1. The normalized spacial score (nSPS) is 17.2. The van der Waals surface area contributed by atoms with Gasteiger partial charge in [-0.1, -0.05) is 18.2 Å². The molecular formula is C17H14N4O4. The lowest BCUT2D eigenvalue weighted by molar-refractivity contribution is -0.117. The predicted octanol–water partition coefficient (Wildman–Crippen LogP) is 2.97. The third kappa shape index (κ3) is 3.23. The third-order valence-electron chi connectivity index (χ3n) is 3.60. The van der Waals surface area contributed by atoms with Gasteiger partial charge in [-0.15, -0.1) is 0 Å². The van der Waals surface area contributed by atoms with Crippen molar-refractivity contribution in [2.24, 2.45) is 15.3 Å². The van der Waals surface area contributed by atoms with Crippen LogP contribution in [0.3, 0.4) is 0 Å². The number of aromatic hydroxyl groups is 1. The Balaban J connectivity index is 1.83. The molecule has 0 aromatic heterocycles. The molecule has 1 atom stereocenters. The Hall–Kier alpha value is -3.55. The molecule has 8 heteroatoms. The molecule has 8 nitrogen and oxygen atoms in total. The fraction of sp³-hybridized carbons (Fsp3) is 0.118. The van der Waals surface area contributed by atoms with E-state index in [4.69, 9.17) is 5.11 Å². The monoisotopic (exact) mass is 338 g/mol. The summed E-state index contributed by atoms with van der Waals surface area (Å²) in [4.78, 5) is 23.5. The van der Waals surface area contributed by atoms with Crippen LogP contribution < -0.4 is 5.01 Å². The molecule has 0 radical (unpaired) electrons. The number of para-hydroxylation sites is 1. The van der Waals surface area contributed by atoms with Crippen molar-refractivity contribution >= 4 is 29.0 Å². The number of hydrogen-bond acceptors (Lipinski definition) is 6. The van der Waals surface area contributed by atoms with Gasteiger partial charge in [-0.25, -0.2) is 4.79 Å². The van der Waals surface area contributed by atoms with E-state index in [9.17, 15) is 14.7 Å². The molecule has 0 aliphatic carbocycles. The summed E-state index contributed by atoms with van der Waals surface area (Å²) in [5.74, 6) is -1.99. The Bertz CT molecular complexity index is 893. The minimum absolute atomic E-state index is 0.217. The van der Waals surface area contributed by atoms with Gasteiger partial charge in [-0.2, -0.15) is 20.3 Å². The smallest absolute Gasteiger partial charge is 0.339 e. The van der Waals surface area contributed by atoms with E-state index in [1.54, 1.807) is 31.2 Å². The van der Waals surface area contributed by atoms with Crippen molar-refractivity contribution in [3.05, 3.63) is 54.1 Å². The van der Waals surface area contributed by atoms with Crippen molar-refractivity contribution in [1.29, 1.82) is 0 Å². The molecule has 3 rings (SSSR count). The van der Waals surface area contributed by atoms with Crippen LogP contribution in [0.5, 0.6) is 5.75 Å². The highest BCUT2D eigenvalue weighted by Crippen LogP contribution is 2.26. The van der Waals surface area contributed by atoms with E-state index < -0.39 is 12.0 Å². The van der Waals surface area contributed by atoms with Crippen LogP contribution in [0, 0.1) is 0 Å². The molecule has 1 aliphatic heterocycles. The molecule has 0 saturated carbocycles. The van der Waals surface area contributed by atoms with Gasteiger partial charge in [0.2, 0.25) is 0 Å². The number of phenols is 1. The molecule has 0 spiro atoms. The average Bonchev–Trinajstić information content (AvgIpc) is 2.89. The maximum absolute atomic E-state index is 12.5. The summed E-state index contributed by atoms with van der Waals surface area (Å²) in [7, 11) is 0. The lowest BCUT2D eigenvalue weighted by atomic mass is 10.2. The average molecular weight is 338 g/mol. The number of aromatic carboxylic acids is 1. The van der Waals surface area contributed by atoms with E-state index in [1.807, 2.05) is 6.07 Å². The minimum atomic E-state index is -1.28. The molecule has 1 heterocycles. The van der Waals surface area contributed by atoms with Crippen molar-refractivity contribution in [2.45, 2.75) is 13.0 Å². The number of carboxylic acids is 1. The summed E-state index contributed by atoms with van der Waals surface area (Å²) in [6, 6.07) is 11.9. The van der Waals surface area contributed by atoms with Gasteiger partial charge >= 0.3 is 5.97 Å². The molecule has 0 bridgehead atoms. The first-order valence-electron chi connectivity index (χ1n) is 7.38. The molecule has 2 aromatic rings. The third-order valence-corrected chi connectivity index (χ3v) is 3.60. The van der Waals surface area contributed by atoms with Crippen LogP contribution in [0.1, 0.15) is 17.3 Å². The number of carboxylic acid groups (broad SMARTS) is 1. The van der Waals surface area contributed by atoms with Gasteiger partial charge in [0.05, 0.1) is 17.1 Å². The number of carbonyl (C=O) groups is 2. The number of nitrogens with zero attached hydrogens (tertiary/aromatic N) is 4. The van der Waals surface area contributed by atoms with Crippen LogP contribution in [-0.4, -0.2) is 33.8 Å². The topological polar surface area (TPSA) is 115 Å². The van der Waals surface area contributed by atoms with E-state index in [2.05, 4.69) is 15.3 Å². The highest BCUT2D eigenvalue weighted by atomic mass is 16.4. The summed E-state index contributed by atoms with van der Waals surface area (Å²) >= 11 is 0. The number of anilines is 1. The first kappa shape index (κ1) is 16.3. The molecule has 1 amide bonds. The predicted molar refractivity (Wildman–Crippen MR) is 90.4 cm³/mol. The largest absolute Gasteiger partial charge is 0.507 e. The second kappa shape index (κ2) is 6.52. The van der Waals surface area contributed by atoms with E-state index >= 15 is 0 Å². The van der Waals surface area contributed by atoms with Gasteiger partial charge < -0.3 is 10.2 Å². The fourth-order valence-electron chi connectivity index (χ4n) is 2.33. The second-order valence-electron chi connectivity index (χ2n) is 5.35. The number of carbonyl (C=O) groups excluding carboxylic acids is 1.